The van der Waals surface area contributed by atoms with Crippen molar-refractivity contribution in [2.45, 2.75) is 46.1 Å². The summed E-state index contributed by atoms with van der Waals surface area (Å²) in [4.78, 5) is 15.6. The Labute approximate surface area is 128 Å². The van der Waals surface area contributed by atoms with Gasteiger partial charge in [0, 0.05) is 23.6 Å². The Hall–Kier alpha value is -1.53. The number of rotatable bonds is 6. The monoisotopic (exact) mass is 307 g/mol. The first kappa shape index (κ1) is 15.9. The van der Waals surface area contributed by atoms with Crippen molar-refractivity contribution in [2.75, 3.05) is 6.54 Å². The third kappa shape index (κ3) is 3.39. The first-order valence-corrected chi connectivity index (χ1v) is 8.04. The van der Waals surface area contributed by atoms with Crippen molar-refractivity contribution in [3.05, 3.63) is 32.8 Å². The third-order valence-electron chi connectivity index (χ3n) is 3.80. The highest BCUT2D eigenvalue weighted by molar-refractivity contribution is 7.18. The van der Waals surface area contributed by atoms with E-state index in [1.165, 1.54) is 11.3 Å². The second-order valence-electron chi connectivity index (χ2n) is 5.40. The lowest BCUT2D eigenvalue weighted by Crippen LogP contribution is -2.31. The summed E-state index contributed by atoms with van der Waals surface area (Å²) in [5, 5.41) is 15.7. The van der Waals surface area contributed by atoms with Gasteiger partial charge in [-0.1, -0.05) is 13.8 Å². The van der Waals surface area contributed by atoms with Crippen LogP contribution in [0.3, 0.4) is 0 Å². The summed E-state index contributed by atoms with van der Waals surface area (Å²) in [7, 11) is 0. The number of nitrogens with one attached hydrogen (secondary N) is 1. The van der Waals surface area contributed by atoms with Gasteiger partial charge in [-0.15, -0.1) is 11.3 Å². The van der Waals surface area contributed by atoms with Crippen molar-refractivity contribution in [2.24, 2.45) is 0 Å². The number of thiazole rings is 1. The van der Waals surface area contributed by atoms with E-state index in [1.54, 1.807) is 6.07 Å². The summed E-state index contributed by atoms with van der Waals surface area (Å²) >= 11 is 1.50. The lowest BCUT2D eigenvalue weighted by Gasteiger charge is -2.21. The van der Waals surface area contributed by atoms with Crippen molar-refractivity contribution in [3.8, 4) is 0 Å². The molecule has 6 heteroatoms. The highest BCUT2D eigenvalue weighted by atomic mass is 32.1. The van der Waals surface area contributed by atoms with Gasteiger partial charge in [0.15, 0.2) is 0 Å². The number of fused-ring (bicyclic) bond motifs is 1. The zero-order chi connectivity index (χ0) is 15.6. The standard InChI is InChI=1S/C15H21N3O2S/c1-5-6-16-10(3)9(2)12-7-13-15(21-11(4)17-13)8-14(12)18(19)20/h7-10,16H,5-6H2,1-4H3. The number of aromatic nitrogens is 1. The maximum absolute atomic E-state index is 11.4. The molecule has 0 saturated carbocycles. The van der Waals surface area contributed by atoms with E-state index >= 15 is 0 Å². The summed E-state index contributed by atoms with van der Waals surface area (Å²) in [5.74, 6) is 0.0587. The summed E-state index contributed by atoms with van der Waals surface area (Å²) in [6.07, 6.45) is 1.05. The average molecular weight is 307 g/mol. The molecule has 0 aliphatic carbocycles. The molecule has 0 aliphatic rings. The molecule has 1 aromatic carbocycles. The molecule has 0 saturated heterocycles. The largest absolute Gasteiger partial charge is 0.314 e. The van der Waals surface area contributed by atoms with Crippen LogP contribution >= 0.6 is 11.3 Å². The fourth-order valence-corrected chi connectivity index (χ4v) is 3.28. The van der Waals surface area contributed by atoms with Crippen molar-refractivity contribution in [1.82, 2.24) is 10.3 Å². The molecule has 0 spiro atoms. The fraction of sp³-hybridized carbons (Fsp3) is 0.533. The van der Waals surface area contributed by atoms with Crippen LogP contribution in [0, 0.1) is 17.0 Å². The van der Waals surface area contributed by atoms with E-state index in [1.807, 2.05) is 19.9 Å². The molecule has 114 valence electrons. The summed E-state index contributed by atoms with van der Waals surface area (Å²) in [5.41, 5.74) is 1.81. The average Bonchev–Trinajstić information content (AvgIpc) is 2.81. The molecule has 0 radical (unpaired) electrons. The molecule has 1 heterocycles. The van der Waals surface area contributed by atoms with Gasteiger partial charge in [-0.05, 0) is 32.9 Å². The van der Waals surface area contributed by atoms with E-state index in [4.69, 9.17) is 0 Å². The molecule has 1 N–H and O–H groups in total. The van der Waals surface area contributed by atoms with Crippen molar-refractivity contribution < 1.29 is 4.92 Å². The predicted octanol–water partition coefficient (Wildman–Crippen LogP) is 4.00. The Morgan fingerprint density at radius 3 is 2.76 bits per heavy atom. The Kier molecular flexibility index (Phi) is 4.90. The van der Waals surface area contributed by atoms with Gasteiger partial charge in [0.25, 0.3) is 5.69 Å². The second kappa shape index (κ2) is 6.49. The third-order valence-corrected chi connectivity index (χ3v) is 4.73. The number of hydrogen-bond donors (Lipinski definition) is 1. The first-order chi connectivity index (χ1) is 9.93. The van der Waals surface area contributed by atoms with E-state index in [9.17, 15) is 10.1 Å². The number of hydrogen-bond acceptors (Lipinski definition) is 5. The second-order valence-corrected chi connectivity index (χ2v) is 6.63. The molecule has 2 unspecified atom stereocenters. The van der Waals surface area contributed by atoms with Crippen molar-refractivity contribution >= 4 is 27.2 Å². The van der Waals surface area contributed by atoms with Gasteiger partial charge in [0.05, 0.1) is 20.1 Å². The number of nitro benzene ring substituents is 1. The van der Waals surface area contributed by atoms with Gasteiger partial charge >= 0.3 is 0 Å². The smallest absolute Gasteiger partial charge is 0.274 e. The molecule has 0 aliphatic heterocycles. The Bertz CT molecular complexity index is 654. The lowest BCUT2D eigenvalue weighted by atomic mass is 9.92. The number of nitro groups is 1. The first-order valence-electron chi connectivity index (χ1n) is 7.22. The van der Waals surface area contributed by atoms with Gasteiger partial charge in [-0.3, -0.25) is 10.1 Å². The molecule has 0 amide bonds. The SMILES string of the molecule is CCCNC(C)C(C)c1cc2nc(C)sc2cc1[N+](=O)[O-]. The lowest BCUT2D eigenvalue weighted by molar-refractivity contribution is -0.385. The van der Waals surface area contributed by atoms with Crippen LogP contribution in [0.4, 0.5) is 5.69 Å². The van der Waals surface area contributed by atoms with E-state index in [0.29, 0.717) is 0 Å². The minimum atomic E-state index is -0.285. The normalized spacial score (nSPS) is 14.3. The summed E-state index contributed by atoms with van der Waals surface area (Å²) < 4.78 is 0.879. The molecule has 5 nitrogen and oxygen atoms in total. The van der Waals surface area contributed by atoms with Crippen molar-refractivity contribution in [3.63, 3.8) is 0 Å². The highest BCUT2D eigenvalue weighted by Crippen LogP contribution is 2.34. The molecule has 0 bridgehead atoms. The van der Waals surface area contributed by atoms with Crippen LogP contribution in [0.5, 0.6) is 0 Å². The number of nitrogens with zero attached hydrogens (tertiary/aromatic N) is 2. The van der Waals surface area contributed by atoms with Gasteiger partial charge in [-0.25, -0.2) is 4.98 Å². The Balaban J connectivity index is 2.44. The fourth-order valence-electron chi connectivity index (χ4n) is 2.44. The van der Waals surface area contributed by atoms with Crippen LogP contribution in [0.25, 0.3) is 10.2 Å². The number of benzene rings is 1. The Morgan fingerprint density at radius 2 is 2.14 bits per heavy atom. The maximum Gasteiger partial charge on any atom is 0.274 e. The topological polar surface area (TPSA) is 68.1 Å². The van der Waals surface area contributed by atoms with Crippen LogP contribution in [-0.4, -0.2) is 22.5 Å². The molecular formula is C15H21N3O2S. The van der Waals surface area contributed by atoms with Crippen LogP contribution < -0.4 is 5.32 Å². The molecule has 21 heavy (non-hydrogen) atoms. The molecule has 2 aromatic rings. The summed E-state index contributed by atoms with van der Waals surface area (Å²) in [6.45, 7) is 9.04. The van der Waals surface area contributed by atoms with Crippen molar-refractivity contribution in [1.29, 1.82) is 0 Å². The van der Waals surface area contributed by atoms with Gasteiger partial charge < -0.3 is 5.32 Å². The number of aryl methyl sites for hydroxylation is 1. The van der Waals surface area contributed by atoms with Crippen LogP contribution in [0.2, 0.25) is 0 Å². The quantitative estimate of drug-likeness (QED) is 0.647. The van der Waals surface area contributed by atoms with E-state index < -0.39 is 0 Å². The molecule has 2 rings (SSSR count). The zero-order valence-corrected chi connectivity index (χ0v) is 13.7. The van der Waals surface area contributed by atoms with Crippen LogP contribution in [0.15, 0.2) is 12.1 Å². The van der Waals surface area contributed by atoms with E-state index in [0.717, 1.165) is 33.8 Å². The minimum Gasteiger partial charge on any atom is -0.314 e. The predicted molar refractivity (Wildman–Crippen MR) is 87.2 cm³/mol. The molecular weight excluding hydrogens is 286 g/mol. The van der Waals surface area contributed by atoms with Gasteiger partial charge in [-0.2, -0.15) is 0 Å². The van der Waals surface area contributed by atoms with Gasteiger partial charge in [0.2, 0.25) is 0 Å². The Morgan fingerprint density at radius 1 is 1.43 bits per heavy atom. The zero-order valence-electron chi connectivity index (χ0n) is 12.8. The van der Waals surface area contributed by atoms with E-state index in [2.05, 4.69) is 24.1 Å². The molecule has 0 fully saturated rings. The highest BCUT2D eigenvalue weighted by Gasteiger charge is 2.24. The molecule has 1 aromatic heterocycles. The maximum atomic E-state index is 11.4. The van der Waals surface area contributed by atoms with Gasteiger partial charge in [0.1, 0.15) is 0 Å². The van der Waals surface area contributed by atoms with Crippen LogP contribution in [0.1, 0.15) is 43.7 Å². The summed E-state index contributed by atoms with van der Waals surface area (Å²) in [6, 6.07) is 3.73. The minimum absolute atomic E-state index is 0.0587. The van der Waals surface area contributed by atoms with E-state index in [-0.39, 0.29) is 22.6 Å². The van der Waals surface area contributed by atoms with Crippen LogP contribution in [-0.2, 0) is 0 Å². The molecule has 2 atom stereocenters.